The second-order valence-electron chi connectivity index (χ2n) is 5.46. The van der Waals surface area contributed by atoms with E-state index in [2.05, 4.69) is 16.9 Å². The molecule has 0 aromatic carbocycles. The van der Waals surface area contributed by atoms with Crippen molar-refractivity contribution in [2.75, 3.05) is 23.8 Å². The Hall–Kier alpha value is -2.80. The van der Waals surface area contributed by atoms with Gasteiger partial charge in [-0.15, -0.1) is 11.3 Å². The zero-order valence-electron chi connectivity index (χ0n) is 17.6. The maximum Gasteiger partial charge on any atom is 0.325 e. The third-order valence-corrected chi connectivity index (χ3v) is 4.82. The molecule has 0 spiro atoms. The average Bonchev–Trinajstić information content (AvgIpc) is 3.10. The Morgan fingerprint density at radius 1 is 1.43 bits per heavy atom. The summed E-state index contributed by atoms with van der Waals surface area (Å²) in [4.78, 5) is 17.8. The highest BCUT2D eigenvalue weighted by molar-refractivity contribution is 7.18. The first-order valence-electron chi connectivity index (χ1n) is 9.05. The molecule has 6 nitrogen and oxygen atoms in total. The fraction of sp³-hybridized carbons (Fsp3) is 0.333. The summed E-state index contributed by atoms with van der Waals surface area (Å²) in [6, 6.07) is 2.02. The van der Waals surface area contributed by atoms with E-state index in [0.717, 1.165) is 26.8 Å². The third-order valence-electron chi connectivity index (χ3n) is 3.56. The second-order valence-corrected chi connectivity index (χ2v) is 6.49. The molecule has 0 saturated carbocycles. The Morgan fingerprint density at radius 2 is 2.07 bits per heavy atom. The van der Waals surface area contributed by atoms with E-state index in [0.29, 0.717) is 5.84 Å². The van der Waals surface area contributed by atoms with E-state index < -0.39 is 5.97 Å². The summed E-state index contributed by atoms with van der Waals surface area (Å²) < 4.78 is 0. The fourth-order valence-corrected chi connectivity index (χ4v) is 3.24. The summed E-state index contributed by atoms with van der Waals surface area (Å²) in [5, 5.41) is 12.9. The number of nitrogens with two attached hydrogens (primary N) is 1. The maximum atomic E-state index is 10.7. The number of hydrogen-bond acceptors (Lipinski definition) is 5. The van der Waals surface area contributed by atoms with Crippen LogP contribution in [0.2, 0.25) is 0 Å². The SMILES string of the molecule is C=C/C=C\C(=C/C)c1cc(NC(C)=NCC(=O)O)c(N(C)/C(C)=C\N)s1.CC. The van der Waals surface area contributed by atoms with Gasteiger partial charge in [0.25, 0.3) is 0 Å². The lowest BCUT2D eigenvalue weighted by atomic mass is 10.2. The summed E-state index contributed by atoms with van der Waals surface area (Å²) >= 11 is 1.60. The lowest BCUT2D eigenvalue weighted by molar-refractivity contribution is -0.135. The fourth-order valence-electron chi connectivity index (χ4n) is 2.05. The van der Waals surface area contributed by atoms with Crippen molar-refractivity contribution in [3.05, 3.63) is 53.7 Å². The number of aliphatic imine (C=N–C) groups is 1. The molecule has 1 aromatic heterocycles. The third kappa shape index (κ3) is 7.84. The van der Waals surface area contributed by atoms with Gasteiger partial charge in [0.2, 0.25) is 0 Å². The highest BCUT2D eigenvalue weighted by Gasteiger charge is 2.16. The smallest absolute Gasteiger partial charge is 0.325 e. The first-order valence-corrected chi connectivity index (χ1v) is 9.87. The van der Waals surface area contributed by atoms with E-state index in [1.165, 1.54) is 0 Å². The molecule has 28 heavy (non-hydrogen) atoms. The number of amidine groups is 1. The first-order chi connectivity index (χ1) is 13.3. The van der Waals surface area contributed by atoms with Crippen LogP contribution in [0.4, 0.5) is 10.7 Å². The van der Waals surface area contributed by atoms with Crippen molar-refractivity contribution < 1.29 is 9.90 Å². The number of carboxylic acids is 1. The molecule has 1 heterocycles. The Bertz CT molecular complexity index is 773. The molecule has 0 bridgehead atoms. The Morgan fingerprint density at radius 3 is 2.57 bits per heavy atom. The summed E-state index contributed by atoms with van der Waals surface area (Å²) in [6.45, 7) is 13.1. The molecule has 0 fully saturated rings. The number of thiophene rings is 1. The number of aliphatic carboxylic acids is 1. The number of hydrogen-bond donors (Lipinski definition) is 3. The molecule has 4 N–H and O–H groups in total. The van der Waals surface area contributed by atoms with Gasteiger partial charge in [-0.2, -0.15) is 0 Å². The van der Waals surface area contributed by atoms with Crippen molar-refractivity contribution in [2.45, 2.75) is 34.6 Å². The standard InChI is InChI=1S/C19H26N4O2S.C2H6/c1-6-8-9-15(7-2)17-10-16(22-14(4)21-12-18(24)25)19(26-17)23(5)13(3)11-20;1-2/h6-11H,1,12,20H2,2-5H3,(H,21,22)(H,24,25);1-2H3/b9-8-,13-11-,15-7+;. The second kappa shape index (κ2) is 13.4. The van der Waals surface area contributed by atoms with Gasteiger partial charge in [0.1, 0.15) is 11.5 Å². The minimum Gasteiger partial charge on any atom is -0.480 e. The van der Waals surface area contributed by atoms with Crippen molar-refractivity contribution >= 4 is 39.4 Å². The quantitative estimate of drug-likeness (QED) is 0.319. The predicted molar refractivity (Wildman–Crippen MR) is 124 cm³/mol. The van der Waals surface area contributed by atoms with Gasteiger partial charge in [0.05, 0.1) is 11.5 Å². The number of nitrogens with zero attached hydrogens (tertiary/aromatic N) is 2. The maximum absolute atomic E-state index is 10.7. The minimum absolute atomic E-state index is 0.273. The summed E-state index contributed by atoms with van der Waals surface area (Å²) in [5.41, 5.74) is 8.45. The molecule has 0 radical (unpaired) electrons. The lowest BCUT2D eigenvalue weighted by Crippen LogP contribution is -2.17. The number of carboxylic acid groups (broad SMARTS) is 1. The van der Waals surface area contributed by atoms with E-state index >= 15 is 0 Å². The van der Waals surface area contributed by atoms with Crippen LogP contribution in [0.1, 0.15) is 39.5 Å². The molecule has 0 aliphatic carbocycles. The molecule has 1 aromatic rings. The van der Waals surface area contributed by atoms with Crippen molar-refractivity contribution in [1.29, 1.82) is 0 Å². The van der Waals surface area contributed by atoms with Gasteiger partial charge in [-0.3, -0.25) is 9.79 Å². The van der Waals surface area contributed by atoms with Gasteiger partial charge < -0.3 is 21.1 Å². The molecule has 7 heteroatoms. The molecule has 0 saturated heterocycles. The van der Waals surface area contributed by atoms with Crippen molar-refractivity contribution in [3.8, 4) is 0 Å². The molecule has 1 rings (SSSR count). The minimum atomic E-state index is -0.970. The monoisotopic (exact) mass is 404 g/mol. The van der Waals surface area contributed by atoms with Gasteiger partial charge in [-0.25, -0.2) is 0 Å². The number of allylic oxidation sites excluding steroid dienone is 6. The topological polar surface area (TPSA) is 90.9 Å². The van der Waals surface area contributed by atoms with Crippen LogP contribution < -0.4 is 16.0 Å². The molecule has 154 valence electrons. The molecular formula is C21H32N4O2S. The van der Waals surface area contributed by atoms with Gasteiger partial charge in [0, 0.05) is 23.8 Å². The van der Waals surface area contributed by atoms with E-state index in [1.54, 1.807) is 30.5 Å². The van der Waals surface area contributed by atoms with Gasteiger partial charge in [-0.1, -0.05) is 44.7 Å². The Kier molecular flexibility index (Phi) is 12.0. The van der Waals surface area contributed by atoms with Crippen LogP contribution in [0.15, 0.2) is 53.8 Å². The van der Waals surface area contributed by atoms with Crippen LogP contribution in [0, 0.1) is 0 Å². The average molecular weight is 405 g/mol. The summed E-state index contributed by atoms with van der Waals surface area (Å²) in [7, 11) is 1.93. The first kappa shape index (κ1) is 25.2. The molecule has 0 aliphatic rings. The Balaban J connectivity index is 0.00000352. The normalized spacial score (nSPS) is 12.4. The number of carbonyl (C=O) groups is 1. The van der Waals surface area contributed by atoms with Gasteiger partial charge in [-0.05, 0) is 32.4 Å². The van der Waals surface area contributed by atoms with Gasteiger partial charge in [0.15, 0.2) is 0 Å². The number of anilines is 2. The lowest BCUT2D eigenvalue weighted by Gasteiger charge is -2.19. The molecular weight excluding hydrogens is 372 g/mol. The van der Waals surface area contributed by atoms with Crippen LogP contribution in [-0.4, -0.2) is 30.5 Å². The van der Waals surface area contributed by atoms with E-state index in [9.17, 15) is 4.79 Å². The van der Waals surface area contributed by atoms with E-state index in [-0.39, 0.29) is 6.54 Å². The predicted octanol–water partition coefficient (Wildman–Crippen LogP) is 5.09. The van der Waals surface area contributed by atoms with Crippen molar-refractivity contribution in [2.24, 2.45) is 10.7 Å². The summed E-state index contributed by atoms with van der Waals surface area (Å²) in [5.74, 6) is -0.438. The zero-order valence-corrected chi connectivity index (χ0v) is 18.4. The Labute approximate surface area is 172 Å². The van der Waals surface area contributed by atoms with Crippen LogP contribution in [0.5, 0.6) is 0 Å². The number of rotatable bonds is 8. The van der Waals surface area contributed by atoms with Crippen molar-refractivity contribution in [3.63, 3.8) is 0 Å². The summed E-state index contributed by atoms with van der Waals surface area (Å²) in [6.07, 6.45) is 9.17. The highest BCUT2D eigenvalue weighted by Crippen LogP contribution is 2.40. The van der Waals surface area contributed by atoms with Crippen LogP contribution in [0.3, 0.4) is 0 Å². The molecule has 0 aliphatic heterocycles. The highest BCUT2D eigenvalue weighted by atomic mass is 32.1. The van der Waals surface area contributed by atoms with Gasteiger partial charge >= 0.3 is 5.97 Å². The zero-order chi connectivity index (χ0) is 21.7. The molecule has 0 amide bonds. The van der Waals surface area contributed by atoms with E-state index in [1.807, 2.05) is 63.9 Å². The number of nitrogens with one attached hydrogen (secondary N) is 1. The van der Waals surface area contributed by atoms with Crippen LogP contribution in [-0.2, 0) is 4.79 Å². The molecule has 0 unspecified atom stereocenters. The van der Waals surface area contributed by atoms with Crippen LogP contribution in [0.25, 0.3) is 5.57 Å². The van der Waals surface area contributed by atoms with Crippen LogP contribution >= 0.6 is 11.3 Å². The largest absolute Gasteiger partial charge is 0.480 e. The van der Waals surface area contributed by atoms with E-state index in [4.69, 9.17) is 10.8 Å². The molecule has 0 atom stereocenters. The van der Waals surface area contributed by atoms with Crippen molar-refractivity contribution in [1.82, 2.24) is 0 Å².